The molecule has 1 aliphatic rings. The molecule has 0 saturated carbocycles. The van der Waals surface area contributed by atoms with Gasteiger partial charge in [-0.15, -0.1) is 0 Å². The number of ether oxygens (including phenoxy) is 1. The molecule has 1 fully saturated rings. The Morgan fingerprint density at radius 1 is 1.23 bits per heavy atom. The van der Waals surface area contributed by atoms with E-state index in [1.54, 1.807) is 0 Å². The van der Waals surface area contributed by atoms with Gasteiger partial charge in [0.25, 0.3) is 0 Å². The minimum Gasteiger partial charge on any atom is -0.394 e. The first-order valence-corrected chi connectivity index (χ1v) is 3.94. The van der Waals surface area contributed by atoms with Crippen LogP contribution in [-0.2, 0) is 4.74 Å². The van der Waals surface area contributed by atoms with E-state index >= 15 is 0 Å². The lowest BCUT2D eigenvalue weighted by Crippen LogP contribution is -2.65. The minimum absolute atomic E-state index is 0.541. The Bertz CT molecular complexity index is 182. The third-order valence-electron chi connectivity index (χ3n) is 2.31. The number of hydrogen-bond donors (Lipinski definition) is 5. The number of rotatable bonds is 1. The summed E-state index contributed by atoms with van der Waals surface area (Å²) in [6.45, 7) is 0.623. The highest BCUT2D eigenvalue weighted by atomic mass is 16.6. The first kappa shape index (κ1) is 10.8. The average Bonchev–Trinajstić information content (AvgIpc) is 2.09. The van der Waals surface area contributed by atoms with Crippen molar-refractivity contribution in [2.24, 2.45) is 0 Å². The second kappa shape index (κ2) is 3.49. The molecule has 6 heteroatoms. The van der Waals surface area contributed by atoms with E-state index in [9.17, 15) is 15.3 Å². The largest absolute Gasteiger partial charge is 0.394 e. The van der Waals surface area contributed by atoms with Gasteiger partial charge in [-0.2, -0.15) is 0 Å². The van der Waals surface area contributed by atoms with Crippen LogP contribution in [0.1, 0.15) is 6.92 Å². The van der Waals surface area contributed by atoms with Gasteiger partial charge in [0.15, 0.2) is 6.29 Å². The molecule has 0 amide bonds. The standard InChI is InChI=1S/C7H14O6/c1-7(12)4(9)3(2-8)13-6(11)5(7)10/h3-6,8-12H,2H2,1H3/t3-,4+,5+,6+,7+/m1/s1. The van der Waals surface area contributed by atoms with E-state index in [4.69, 9.17) is 10.2 Å². The van der Waals surface area contributed by atoms with Crippen LogP contribution in [0.25, 0.3) is 0 Å². The average molecular weight is 194 g/mol. The molecular weight excluding hydrogens is 180 g/mol. The van der Waals surface area contributed by atoms with E-state index in [1.165, 1.54) is 0 Å². The maximum absolute atomic E-state index is 9.53. The maximum atomic E-state index is 9.53. The molecule has 5 atom stereocenters. The number of aliphatic hydroxyl groups excluding tert-OH is 4. The van der Waals surface area contributed by atoms with Crippen LogP contribution in [0.3, 0.4) is 0 Å². The third-order valence-corrected chi connectivity index (χ3v) is 2.31. The SMILES string of the molecule is C[C@@]1(O)[C@@H](O)[C@@H](O)O[C@H](CO)[C@@H]1O. The van der Waals surface area contributed by atoms with Gasteiger partial charge in [-0.3, -0.25) is 0 Å². The van der Waals surface area contributed by atoms with Gasteiger partial charge in [0.05, 0.1) is 6.61 Å². The quantitative estimate of drug-likeness (QED) is 0.308. The van der Waals surface area contributed by atoms with Gasteiger partial charge in [0.1, 0.15) is 23.9 Å². The summed E-state index contributed by atoms with van der Waals surface area (Å²) in [5, 5.41) is 45.9. The van der Waals surface area contributed by atoms with Gasteiger partial charge in [0, 0.05) is 0 Å². The molecule has 6 nitrogen and oxygen atoms in total. The molecule has 0 aliphatic carbocycles. The van der Waals surface area contributed by atoms with E-state index in [2.05, 4.69) is 4.74 Å². The van der Waals surface area contributed by atoms with Crippen LogP contribution in [0, 0.1) is 0 Å². The molecule has 0 radical (unpaired) electrons. The summed E-state index contributed by atoms with van der Waals surface area (Å²) in [4.78, 5) is 0. The van der Waals surface area contributed by atoms with Crippen LogP contribution in [-0.4, -0.2) is 62.3 Å². The maximum Gasteiger partial charge on any atom is 0.184 e. The van der Waals surface area contributed by atoms with Gasteiger partial charge in [0.2, 0.25) is 0 Å². The first-order chi connectivity index (χ1) is 5.91. The highest BCUT2D eigenvalue weighted by Gasteiger charge is 2.51. The zero-order valence-corrected chi connectivity index (χ0v) is 7.16. The van der Waals surface area contributed by atoms with Crippen LogP contribution in [0.4, 0.5) is 0 Å². The van der Waals surface area contributed by atoms with Crippen molar-refractivity contribution in [2.75, 3.05) is 6.61 Å². The van der Waals surface area contributed by atoms with E-state index in [1.807, 2.05) is 0 Å². The van der Waals surface area contributed by atoms with Crippen molar-refractivity contribution in [3.8, 4) is 0 Å². The van der Waals surface area contributed by atoms with Crippen molar-refractivity contribution in [1.82, 2.24) is 0 Å². The third kappa shape index (κ3) is 1.69. The summed E-state index contributed by atoms with van der Waals surface area (Å²) in [5.41, 5.74) is -1.88. The molecule has 1 aliphatic heterocycles. The van der Waals surface area contributed by atoms with Crippen molar-refractivity contribution in [3.05, 3.63) is 0 Å². The van der Waals surface area contributed by atoms with E-state index in [-0.39, 0.29) is 0 Å². The van der Waals surface area contributed by atoms with Gasteiger partial charge in [-0.1, -0.05) is 0 Å². The van der Waals surface area contributed by atoms with Crippen molar-refractivity contribution < 1.29 is 30.3 Å². The molecule has 13 heavy (non-hydrogen) atoms. The summed E-state index contributed by atoms with van der Waals surface area (Å²) in [6, 6.07) is 0. The number of hydrogen-bond acceptors (Lipinski definition) is 6. The van der Waals surface area contributed by atoms with Gasteiger partial charge < -0.3 is 30.3 Å². The fourth-order valence-electron chi connectivity index (χ4n) is 1.31. The Kier molecular flexibility index (Phi) is 2.91. The summed E-state index contributed by atoms with van der Waals surface area (Å²) in [7, 11) is 0. The lowest BCUT2D eigenvalue weighted by molar-refractivity contribution is -0.316. The van der Waals surface area contributed by atoms with Gasteiger partial charge in [-0.25, -0.2) is 0 Å². The predicted octanol–water partition coefficient (Wildman–Crippen LogP) is -2.83. The predicted molar refractivity (Wildman–Crippen MR) is 40.6 cm³/mol. The Morgan fingerprint density at radius 2 is 1.77 bits per heavy atom. The highest BCUT2D eigenvalue weighted by molar-refractivity contribution is 4.98. The minimum atomic E-state index is -1.88. The Labute approximate surface area is 75.0 Å². The molecular formula is C7H14O6. The Hall–Kier alpha value is -0.240. The molecule has 0 spiro atoms. The van der Waals surface area contributed by atoms with Crippen LogP contribution in [0.5, 0.6) is 0 Å². The molecule has 5 N–H and O–H groups in total. The number of aliphatic hydroxyl groups is 5. The molecule has 1 saturated heterocycles. The van der Waals surface area contributed by atoms with E-state index in [0.717, 1.165) is 6.92 Å². The van der Waals surface area contributed by atoms with E-state index in [0.29, 0.717) is 0 Å². The molecule has 0 aromatic rings. The highest BCUT2D eigenvalue weighted by Crippen LogP contribution is 2.28. The fraction of sp³-hybridized carbons (Fsp3) is 1.00. The smallest absolute Gasteiger partial charge is 0.184 e. The van der Waals surface area contributed by atoms with Crippen LogP contribution in [0.15, 0.2) is 0 Å². The van der Waals surface area contributed by atoms with Crippen molar-refractivity contribution >= 4 is 0 Å². The normalized spacial score (nSPS) is 52.2. The molecule has 0 aromatic carbocycles. The molecule has 1 rings (SSSR count). The van der Waals surface area contributed by atoms with Crippen molar-refractivity contribution in [2.45, 2.75) is 37.1 Å². The summed E-state index contributed by atoms with van der Waals surface area (Å²) < 4.78 is 4.64. The molecule has 1 heterocycles. The zero-order chi connectivity index (χ0) is 10.2. The lowest BCUT2D eigenvalue weighted by atomic mass is 9.86. The Morgan fingerprint density at radius 3 is 2.23 bits per heavy atom. The summed E-state index contributed by atoms with van der Waals surface area (Å²) >= 11 is 0. The second-order valence-corrected chi connectivity index (χ2v) is 3.36. The van der Waals surface area contributed by atoms with E-state index < -0.39 is 36.8 Å². The van der Waals surface area contributed by atoms with Crippen molar-refractivity contribution in [3.63, 3.8) is 0 Å². The summed E-state index contributed by atoms with van der Waals surface area (Å²) in [6.07, 6.45) is -5.72. The van der Waals surface area contributed by atoms with Crippen LogP contribution in [0.2, 0.25) is 0 Å². The monoisotopic (exact) mass is 194 g/mol. The van der Waals surface area contributed by atoms with Crippen LogP contribution < -0.4 is 0 Å². The first-order valence-electron chi connectivity index (χ1n) is 3.94. The van der Waals surface area contributed by atoms with Gasteiger partial charge >= 0.3 is 0 Å². The lowest BCUT2D eigenvalue weighted by Gasteiger charge is -2.44. The molecule has 0 unspecified atom stereocenters. The van der Waals surface area contributed by atoms with Crippen LogP contribution >= 0.6 is 0 Å². The molecule has 0 aromatic heterocycles. The molecule has 78 valence electrons. The van der Waals surface area contributed by atoms with Crippen molar-refractivity contribution in [1.29, 1.82) is 0 Å². The molecule has 0 bridgehead atoms. The Balaban J connectivity index is 2.82. The zero-order valence-electron chi connectivity index (χ0n) is 7.16. The second-order valence-electron chi connectivity index (χ2n) is 3.36. The van der Waals surface area contributed by atoms with Gasteiger partial charge in [-0.05, 0) is 6.92 Å². The fourth-order valence-corrected chi connectivity index (χ4v) is 1.31. The summed E-state index contributed by atoms with van der Waals surface area (Å²) in [5.74, 6) is 0. The topological polar surface area (TPSA) is 110 Å².